The van der Waals surface area contributed by atoms with Crippen LogP contribution in [0.15, 0.2) is 18.3 Å². The van der Waals surface area contributed by atoms with Crippen LogP contribution in [0.25, 0.3) is 0 Å². The van der Waals surface area contributed by atoms with Crippen LogP contribution in [-0.4, -0.2) is 20.5 Å². The molecular weight excluding hydrogens is 284 g/mol. The van der Waals surface area contributed by atoms with Gasteiger partial charge in [-0.2, -0.15) is 0 Å². The van der Waals surface area contributed by atoms with Gasteiger partial charge in [0.05, 0.1) is 21.4 Å². The smallest absolute Gasteiger partial charge is 0.110 e. The van der Waals surface area contributed by atoms with E-state index in [1.165, 1.54) is 0 Å². The lowest BCUT2D eigenvalue weighted by Gasteiger charge is -2.22. The Morgan fingerprint density at radius 1 is 1.43 bits per heavy atom. The standard InChI is InChI=1S/C16H26N2O2S/c1-6-20-16(9-10-16)14-8-7-13(11-17-14)12(2)18-21(19)15(3,4)5/h7-8,11-12,18H,6,9-10H2,1-5H3/t12-,21+/m0/s1. The predicted molar refractivity (Wildman–Crippen MR) is 86.2 cm³/mol. The Kier molecular flexibility index (Phi) is 4.85. The molecule has 21 heavy (non-hydrogen) atoms. The fraction of sp³-hybridized carbons (Fsp3) is 0.688. The zero-order valence-corrected chi connectivity index (χ0v) is 14.4. The number of aromatic nitrogens is 1. The third kappa shape index (κ3) is 3.90. The lowest BCUT2D eigenvalue weighted by Crippen LogP contribution is -2.34. The molecule has 0 bridgehead atoms. The van der Waals surface area contributed by atoms with Gasteiger partial charge in [-0.15, -0.1) is 0 Å². The van der Waals surface area contributed by atoms with Gasteiger partial charge in [0.1, 0.15) is 5.60 Å². The molecule has 0 spiro atoms. The highest BCUT2D eigenvalue weighted by Crippen LogP contribution is 2.48. The normalized spacial score (nSPS) is 20.0. The Labute approximate surface area is 130 Å². The van der Waals surface area contributed by atoms with Gasteiger partial charge in [0.15, 0.2) is 0 Å². The number of nitrogens with one attached hydrogen (secondary N) is 1. The van der Waals surface area contributed by atoms with E-state index in [1.807, 2.05) is 46.9 Å². The largest absolute Gasteiger partial charge is 0.369 e. The van der Waals surface area contributed by atoms with Crippen LogP contribution >= 0.6 is 0 Å². The van der Waals surface area contributed by atoms with Crippen molar-refractivity contribution >= 4 is 11.0 Å². The van der Waals surface area contributed by atoms with Crippen LogP contribution in [-0.2, 0) is 21.3 Å². The number of pyridine rings is 1. The minimum Gasteiger partial charge on any atom is -0.369 e. The molecule has 1 aliphatic carbocycles. The molecule has 4 nitrogen and oxygen atoms in total. The molecule has 1 heterocycles. The van der Waals surface area contributed by atoms with Crippen LogP contribution in [0.5, 0.6) is 0 Å². The summed E-state index contributed by atoms with van der Waals surface area (Å²) in [5, 5.41) is 0. The number of hydrogen-bond donors (Lipinski definition) is 1. The summed E-state index contributed by atoms with van der Waals surface area (Å²) in [4.78, 5) is 4.56. The van der Waals surface area contributed by atoms with Crippen LogP contribution in [0, 0.1) is 0 Å². The fourth-order valence-corrected chi connectivity index (χ4v) is 3.01. The second-order valence-corrected chi connectivity index (χ2v) is 8.62. The number of nitrogens with zero attached hydrogens (tertiary/aromatic N) is 1. The summed E-state index contributed by atoms with van der Waals surface area (Å²) >= 11 is 0. The van der Waals surface area contributed by atoms with Crippen molar-refractivity contribution in [3.8, 4) is 0 Å². The van der Waals surface area contributed by atoms with Gasteiger partial charge in [0.25, 0.3) is 0 Å². The van der Waals surface area contributed by atoms with Crippen LogP contribution in [0.4, 0.5) is 0 Å². The Bertz CT molecular complexity index is 504. The summed E-state index contributed by atoms with van der Waals surface area (Å²) in [6, 6.07) is 4.10. The highest BCUT2D eigenvalue weighted by Gasteiger charge is 2.46. The van der Waals surface area contributed by atoms with Crippen molar-refractivity contribution in [2.24, 2.45) is 0 Å². The second-order valence-electron chi connectivity index (χ2n) is 6.62. The van der Waals surface area contributed by atoms with Crippen LogP contribution in [0.3, 0.4) is 0 Å². The first-order valence-electron chi connectivity index (χ1n) is 7.57. The molecule has 2 atom stereocenters. The minimum atomic E-state index is -1.08. The number of rotatable bonds is 6. The summed E-state index contributed by atoms with van der Waals surface area (Å²) in [5.41, 5.74) is 1.92. The van der Waals surface area contributed by atoms with E-state index in [0.717, 1.165) is 24.1 Å². The Morgan fingerprint density at radius 3 is 2.52 bits per heavy atom. The molecule has 5 heteroatoms. The van der Waals surface area contributed by atoms with Crippen molar-refractivity contribution in [2.45, 2.75) is 63.9 Å². The van der Waals surface area contributed by atoms with E-state index < -0.39 is 11.0 Å². The maximum Gasteiger partial charge on any atom is 0.110 e. The monoisotopic (exact) mass is 310 g/mol. The van der Waals surface area contributed by atoms with E-state index >= 15 is 0 Å². The van der Waals surface area contributed by atoms with E-state index in [-0.39, 0.29) is 16.4 Å². The molecule has 1 fully saturated rings. The van der Waals surface area contributed by atoms with E-state index in [1.54, 1.807) is 0 Å². The second kappa shape index (κ2) is 6.15. The first-order valence-corrected chi connectivity index (χ1v) is 8.72. The number of hydrogen-bond acceptors (Lipinski definition) is 3. The van der Waals surface area contributed by atoms with Gasteiger partial charge in [0.2, 0.25) is 0 Å². The lowest BCUT2D eigenvalue weighted by molar-refractivity contribution is 0.0363. The average Bonchev–Trinajstić information content (AvgIpc) is 3.19. The zero-order chi connectivity index (χ0) is 15.7. The lowest BCUT2D eigenvalue weighted by atomic mass is 10.1. The zero-order valence-electron chi connectivity index (χ0n) is 13.6. The van der Waals surface area contributed by atoms with Crippen LogP contribution < -0.4 is 4.72 Å². The molecule has 1 saturated carbocycles. The maximum absolute atomic E-state index is 12.1. The van der Waals surface area contributed by atoms with Crippen molar-refractivity contribution < 1.29 is 8.95 Å². The summed E-state index contributed by atoms with van der Waals surface area (Å²) in [7, 11) is -1.08. The van der Waals surface area contributed by atoms with Gasteiger partial charge in [-0.25, -0.2) is 8.93 Å². The fourth-order valence-electron chi connectivity index (χ4n) is 2.20. The van der Waals surface area contributed by atoms with Gasteiger partial charge in [-0.1, -0.05) is 6.07 Å². The SMILES string of the molecule is CCOC1(c2ccc([C@H](C)N[S@](=O)C(C)(C)C)cn2)CC1. The molecule has 0 amide bonds. The van der Waals surface area contributed by atoms with Crippen LogP contribution in [0.2, 0.25) is 0 Å². The molecule has 1 N–H and O–H groups in total. The average molecular weight is 310 g/mol. The first-order chi connectivity index (χ1) is 9.78. The molecule has 0 unspecified atom stereocenters. The van der Waals surface area contributed by atoms with E-state index in [2.05, 4.69) is 15.8 Å². The van der Waals surface area contributed by atoms with Gasteiger partial charge in [-0.3, -0.25) is 4.98 Å². The third-order valence-corrected chi connectivity index (χ3v) is 5.40. The van der Waals surface area contributed by atoms with Gasteiger partial charge >= 0.3 is 0 Å². The maximum atomic E-state index is 12.1. The molecule has 0 radical (unpaired) electrons. The molecule has 0 aliphatic heterocycles. The van der Waals surface area contributed by atoms with Gasteiger partial charge < -0.3 is 4.74 Å². The van der Waals surface area contributed by atoms with Gasteiger partial charge in [-0.05, 0) is 59.1 Å². The highest BCUT2D eigenvalue weighted by atomic mass is 32.2. The molecule has 0 aromatic carbocycles. The molecule has 1 aliphatic rings. The Morgan fingerprint density at radius 2 is 2.10 bits per heavy atom. The van der Waals surface area contributed by atoms with E-state index in [0.29, 0.717) is 6.61 Å². The van der Waals surface area contributed by atoms with E-state index in [4.69, 9.17) is 4.74 Å². The molecular formula is C16H26N2O2S. The van der Waals surface area contributed by atoms with Crippen molar-refractivity contribution in [1.29, 1.82) is 0 Å². The highest BCUT2D eigenvalue weighted by molar-refractivity contribution is 7.84. The van der Waals surface area contributed by atoms with E-state index in [9.17, 15) is 4.21 Å². The Hall–Kier alpha value is -0.780. The first kappa shape index (κ1) is 16.6. The summed E-state index contributed by atoms with van der Waals surface area (Å²) < 4.78 is 20.8. The molecule has 118 valence electrons. The predicted octanol–water partition coefficient (Wildman–Crippen LogP) is 3.22. The topological polar surface area (TPSA) is 51.2 Å². The minimum absolute atomic E-state index is 0.00820. The van der Waals surface area contributed by atoms with Crippen LogP contribution in [0.1, 0.15) is 64.8 Å². The summed E-state index contributed by atoms with van der Waals surface area (Å²) in [6.07, 6.45) is 3.97. The molecule has 2 rings (SSSR count). The van der Waals surface area contributed by atoms with Crippen molar-refractivity contribution in [3.05, 3.63) is 29.6 Å². The third-order valence-electron chi connectivity index (χ3n) is 3.72. The molecule has 1 aromatic rings. The Balaban J connectivity index is 2.04. The van der Waals surface area contributed by atoms with Crippen molar-refractivity contribution in [2.75, 3.05) is 6.61 Å². The summed E-state index contributed by atoms with van der Waals surface area (Å²) in [5.74, 6) is 0. The van der Waals surface area contributed by atoms with Crippen molar-refractivity contribution in [3.63, 3.8) is 0 Å². The molecule has 0 saturated heterocycles. The summed E-state index contributed by atoms with van der Waals surface area (Å²) in [6.45, 7) is 10.6. The number of ether oxygens (including phenoxy) is 1. The quantitative estimate of drug-likeness (QED) is 0.877. The molecule has 1 aromatic heterocycles. The van der Waals surface area contributed by atoms with Crippen molar-refractivity contribution in [1.82, 2.24) is 9.71 Å². The van der Waals surface area contributed by atoms with Gasteiger partial charge in [0, 0.05) is 18.8 Å².